The number of rotatable bonds is 4. The highest BCUT2D eigenvalue weighted by atomic mass is 16.5. The zero-order valence-corrected chi connectivity index (χ0v) is 12.3. The van der Waals surface area contributed by atoms with Crippen LogP contribution in [0.3, 0.4) is 0 Å². The van der Waals surface area contributed by atoms with Gasteiger partial charge in [-0.05, 0) is 43.0 Å². The SMILES string of the molecule is COc1cc(C)c(C2CC(C(=O)O)CN2)c(C)c1OC. The Hall–Kier alpha value is -1.75. The van der Waals surface area contributed by atoms with Crippen molar-refractivity contribution in [3.05, 3.63) is 22.8 Å². The summed E-state index contributed by atoms with van der Waals surface area (Å²) in [5.74, 6) is 0.357. The standard InChI is InChI=1S/C15H21NO4/c1-8-5-12(19-3)14(20-4)9(2)13(8)11-6-10(7-16-11)15(17)18/h5,10-11,16H,6-7H2,1-4H3,(H,17,18). The largest absolute Gasteiger partial charge is 0.493 e. The Kier molecular flexibility index (Phi) is 4.18. The number of methoxy groups -OCH3 is 2. The van der Waals surface area contributed by atoms with Gasteiger partial charge in [0.05, 0.1) is 20.1 Å². The van der Waals surface area contributed by atoms with E-state index in [-0.39, 0.29) is 12.0 Å². The molecule has 0 amide bonds. The molecule has 1 aromatic carbocycles. The third-order valence-corrected chi connectivity index (χ3v) is 3.99. The van der Waals surface area contributed by atoms with Gasteiger partial charge >= 0.3 is 5.97 Å². The Morgan fingerprint density at radius 2 is 2.05 bits per heavy atom. The second kappa shape index (κ2) is 5.71. The molecule has 1 heterocycles. The van der Waals surface area contributed by atoms with Gasteiger partial charge < -0.3 is 19.9 Å². The lowest BCUT2D eigenvalue weighted by molar-refractivity contribution is -0.141. The predicted molar refractivity (Wildman–Crippen MR) is 75.5 cm³/mol. The molecule has 2 unspecified atom stereocenters. The number of carboxylic acids is 1. The van der Waals surface area contributed by atoms with Gasteiger partial charge in [-0.3, -0.25) is 4.79 Å². The summed E-state index contributed by atoms with van der Waals surface area (Å²) in [7, 11) is 3.23. The van der Waals surface area contributed by atoms with Gasteiger partial charge in [0.2, 0.25) is 0 Å². The average Bonchev–Trinajstić information content (AvgIpc) is 2.87. The average molecular weight is 279 g/mol. The van der Waals surface area contributed by atoms with Gasteiger partial charge in [-0.2, -0.15) is 0 Å². The van der Waals surface area contributed by atoms with Crippen LogP contribution in [0.4, 0.5) is 0 Å². The molecule has 0 saturated carbocycles. The molecule has 0 aromatic heterocycles. The maximum atomic E-state index is 11.1. The van der Waals surface area contributed by atoms with Gasteiger partial charge in [0, 0.05) is 12.6 Å². The molecule has 1 aliphatic heterocycles. The number of aliphatic carboxylic acids is 1. The normalized spacial score (nSPS) is 21.8. The summed E-state index contributed by atoms with van der Waals surface area (Å²) in [6.45, 7) is 4.51. The van der Waals surface area contributed by atoms with Crippen molar-refractivity contribution in [1.82, 2.24) is 5.32 Å². The predicted octanol–water partition coefficient (Wildman–Crippen LogP) is 2.06. The van der Waals surface area contributed by atoms with E-state index in [2.05, 4.69) is 5.32 Å². The summed E-state index contributed by atoms with van der Waals surface area (Å²) in [5, 5.41) is 12.4. The van der Waals surface area contributed by atoms with Gasteiger partial charge in [-0.25, -0.2) is 0 Å². The van der Waals surface area contributed by atoms with Crippen LogP contribution < -0.4 is 14.8 Å². The fraction of sp³-hybridized carbons (Fsp3) is 0.533. The second-order valence-electron chi connectivity index (χ2n) is 5.20. The number of ether oxygens (including phenoxy) is 2. The van der Waals surface area contributed by atoms with E-state index in [1.54, 1.807) is 14.2 Å². The van der Waals surface area contributed by atoms with E-state index in [0.29, 0.717) is 24.5 Å². The van der Waals surface area contributed by atoms with Crippen LogP contribution in [0.2, 0.25) is 0 Å². The molecular formula is C15H21NO4. The van der Waals surface area contributed by atoms with Crippen molar-refractivity contribution in [3.8, 4) is 11.5 Å². The number of benzene rings is 1. The van der Waals surface area contributed by atoms with E-state index >= 15 is 0 Å². The zero-order chi connectivity index (χ0) is 14.9. The molecule has 0 bridgehead atoms. The topological polar surface area (TPSA) is 67.8 Å². The van der Waals surface area contributed by atoms with E-state index in [1.807, 2.05) is 19.9 Å². The lowest BCUT2D eigenvalue weighted by atomic mass is 9.92. The van der Waals surface area contributed by atoms with Gasteiger partial charge in [0.1, 0.15) is 0 Å². The summed E-state index contributed by atoms with van der Waals surface area (Å²) in [5.41, 5.74) is 3.21. The number of carboxylic acid groups (broad SMARTS) is 1. The second-order valence-corrected chi connectivity index (χ2v) is 5.20. The van der Waals surface area contributed by atoms with Crippen molar-refractivity contribution >= 4 is 5.97 Å². The quantitative estimate of drug-likeness (QED) is 0.883. The lowest BCUT2D eigenvalue weighted by Gasteiger charge is -2.21. The Balaban J connectivity index is 2.40. The van der Waals surface area contributed by atoms with Crippen molar-refractivity contribution in [2.45, 2.75) is 26.3 Å². The minimum Gasteiger partial charge on any atom is -0.493 e. The Bertz CT molecular complexity index is 527. The van der Waals surface area contributed by atoms with Crippen molar-refractivity contribution in [3.63, 3.8) is 0 Å². The molecular weight excluding hydrogens is 258 g/mol. The molecule has 1 aliphatic rings. The third kappa shape index (κ3) is 2.45. The highest BCUT2D eigenvalue weighted by Crippen LogP contribution is 2.40. The van der Waals surface area contributed by atoms with Gasteiger partial charge in [-0.15, -0.1) is 0 Å². The molecule has 1 fully saturated rings. The molecule has 20 heavy (non-hydrogen) atoms. The van der Waals surface area contributed by atoms with Crippen molar-refractivity contribution in [1.29, 1.82) is 0 Å². The minimum atomic E-state index is -0.740. The Morgan fingerprint density at radius 3 is 2.55 bits per heavy atom. The molecule has 5 nitrogen and oxygen atoms in total. The highest BCUT2D eigenvalue weighted by molar-refractivity contribution is 5.71. The zero-order valence-electron chi connectivity index (χ0n) is 12.3. The summed E-state index contributed by atoms with van der Waals surface area (Å²) >= 11 is 0. The summed E-state index contributed by atoms with van der Waals surface area (Å²) in [6.07, 6.45) is 0.604. The third-order valence-electron chi connectivity index (χ3n) is 3.99. The van der Waals surface area contributed by atoms with Crippen LogP contribution in [0.1, 0.15) is 29.2 Å². The molecule has 2 N–H and O–H groups in total. The highest BCUT2D eigenvalue weighted by Gasteiger charge is 2.32. The maximum Gasteiger partial charge on any atom is 0.307 e. The fourth-order valence-electron chi connectivity index (χ4n) is 3.03. The van der Waals surface area contributed by atoms with Crippen LogP contribution in [0.25, 0.3) is 0 Å². The molecule has 2 rings (SSSR count). The number of hydrogen-bond donors (Lipinski definition) is 2. The van der Waals surface area contributed by atoms with Crippen LogP contribution in [-0.2, 0) is 4.79 Å². The molecule has 0 aliphatic carbocycles. The van der Waals surface area contributed by atoms with Crippen LogP contribution in [0, 0.1) is 19.8 Å². The number of hydrogen-bond acceptors (Lipinski definition) is 4. The maximum absolute atomic E-state index is 11.1. The van der Waals surface area contributed by atoms with E-state index in [9.17, 15) is 4.79 Å². The number of nitrogens with one attached hydrogen (secondary N) is 1. The summed E-state index contributed by atoms with van der Waals surface area (Å²) in [6, 6.07) is 1.99. The molecule has 5 heteroatoms. The van der Waals surface area contributed by atoms with Crippen LogP contribution in [-0.4, -0.2) is 31.8 Å². The smallest absolute Gasteiger partial charge is 0.307 e. The van der Waals surface area contributed by atoms with E-state index in [4.69, 9.17) is 14.6 Å². The minimum absolute atomic E-state index is 0.0518. The molecule has 2 atom stereocenters. The molecule has 110 valence electrons. The van der Waals surface area contributed by atoms with Gasteiger partial charge in [-0.1, -0.05) is 0 Å². The Labute approximate surface area is 118 Å². The summed E-state index contributed by atoms with van der Waals surface area (Å²) < 4.78 is 10.8. The molecule has 1 aromatic rings. The first-order chi connectivity index (χ1) is 9.49. The van der Waals surface area contributed by atoms with Crippen molar-refractivity contribution in [2.75, 3.05) is 20.8 Å². The van der Waals surface area contributed by atoms with E-state index in [0.717, 1.165) is 16.7 Å². The molecule has 0 radical (unpaired) electrons. The first-order valence-electron chi connectivity index (χ1n) is 6.67. The monoisotopic (exact) mass is 279 g/mol. The fourth-order valence-corrected chi connectivity index (χ4v) is 3.03. The van der Waals surface area contributed by atoms with E-state index in [1.165, 1.54) is 0 Å². The van der Waals surface area contributed by atoms with E-state index < -0.39 is 5.97 Å². The first kappa shape index (κ1) is 14.7. The summed E-state index contributed by atoms with van der Waals surface area (Å²) in [4.78, 5) is 11.1. The van der Waals surface area contributed by atoms with Gasteiger partial charge in [0.15, 0.2) is 11.5 Å². The molecule has 0 spiro atoms. The van der Waals surface area contributed by atoms with Gasteiger partial charge in [0.25, 0.3) is 0 Å². The van der Waals surface area contributed by atoms with Crippen LogP contribution >= 0.6 is 0 Å². The number of carbonyl (C=O) groups is 1. The Morgan fingerprint density at radius 1 is 1.35 bits per heavy atom. The lowest BCUT2D eigenvalue weighted by Crippen LogP contribution is -2.18. The van der Waals surface area contributed by atoms with Crippen LogP contribution in [0.5, 0.6) is 11.5 Å². The van der Waals surface area contributed by atoms with Crippen molar-refractivity contribution < 1.29 is 19.4 Å². The molecule has 1 saturated heterocycles. The number of aryl methyl sites for hydroxylation is 1. The van der Waals surface area contributed by atoms with Crippen molar-refractivity contribution in [2.24, 2.45) is 5.92 Å². The van der Waals surface area contributed by atoms with Crippen LogP contribution in [0.15, 0.2) is 6.07 Å². The first-order valence-corrected chi connectivity index (χ1v) is 6.67.